The first kappa shape index (κ1) is 22.8. The van der Waals surface area contributed by atoms with Gasteiger partial charge < -0.3 is 10.5 Å². The first-order valence-electron chi connectivity index (χ1n) is 11.8. The summed E-state index contributed by atoms with van der Waals surface area (Å²) in [7, 11) is 0. The second kappa shape index (κ2) is 10.1. The van der Waals surface area contributed by atoms with E-state index >= 15 is 0 Å². The number of aryl methyl sites for hydroxylation is 1. The largest absolute Gasteiger partial charge is 0.487 e. The van der Waals surface area contributed by atoms with Crippen molar-refractivity contribution in [2.75, 3.05) is 19.6 Å². The standard InChI is InChI=1S/C27H29ClN4O2/c28-23-4-5-24(30-15-23)18-34-26-8-10-32(27(33)13-26)25-6-3-21-11-19(1-2-22(21)12-25)16-31-9-7-20(14-29)17-31/h1-2,4-5,8,10-13,15,20H,3,6-7,9,14,16-18,29H2/t20-/m1/s1. The van der Waals surface area contributed by atoms with E-state index in [1.165, 1.54) is 29.2 Å². The molecule has 176 valence electrons. The fraction of sp³-hybridized carbons (Fsp3) is 0.333. The molecule has 1 aromatic carbocycles. The molecule has 7 heteroatoms. The maximum absolute atomic E-state index is 12.8. The molecule has 1 saturated heterocycles. The zero-order valence-corrected chi connectivity index (χ0v) is 19.9. The number of halogens is 1. The molecule has 0 spiro atoms. The van der Waals surface area contributed by atoms with E-state index in [0.717, 1.165) is 50.4 Å². The first-order chi connectivity index (χ1) is 16.6. The molecule has 0 bridgehead atoms. The van der Waals surface area contributed by atoms with Gasteiger partial charge in [-0.15, -0.1) is 0 Å². The summed E-state index contributed by atoms with van der Waals surface area (Å²) in [5, 5.41) is 0.581. The van der Waals surface area contributed by atoms with E-state index in [2.05, 4.69) is 34.2 Å². The maximum atomic E-state index is 12.8. The summed E-state index contributed by atoms with van der Waals surface area (Å²) in [5.41, 5.74) is 11.4. The summed E-state index contributed by atoms with van der Waals surface area (Å²) in [5.74, 6) is 1.16. The van der Waals surface area contributed by atoms with Crippen molar-refractivity contribution in [2.24, 2.45) is 11.7 Å². The average molecular weight is 477 g/mol. The molecule has 1 fully saturated rings. The summed E-state index contributed by atoms with van der Waals surface area (Å²) >= 11 is 5.87. The molecule has 0 amide bonds. The number of ether oxygens (including phenoxy) is 1. The van der Waals surface area contributed by atoms with Crippen LogP contribution in [0, 0.1) is 5.92 Å². The predicted molar refractivity (Wildman–Crippen MR) is 136 cm³/mol. The minimum atomic E-state index is -0.101. The lowest BCUT2D eigenvalue weighted by Crippen LogP contribution is -2.23. The van der Waals surface area contributed by atoms with E-state index in [9.17, 15) is 4.79 Å². The first-order valence-corrected chi connectivity index (χ1v) is 12.2. The molecule has 1 aliphatic carbocycles. The van der Waals surface area contributed by atoms with E-state index in [-0.39, 0.29) is 12.2 Å². The Morgan fingerprint density at radius 2 is 2.06 bits per heavy atom. The van der Waals surface area contributed by atoms with E-state index in [4.69, 9.17) is 22.1 Å². The lowest BCUT2D eigenvalue weighted by atomic mass is 9.93. The molecule has 0 radical (unpaired) electrons. The van der Waals surface area contributed by atoms with Crippen molar-refractivity contribution in [3.8, 4) is 5.75 Å². The van der Waals surface area contributed by atoms with Gasteiger partial charge in [-0.3, -0.25) is 19.2 Å². The van der Waals surface area contributed by atoms with Crippen molar-refractivity contribution in [3.05, 3.63) is 92.6 Å². The number of allylic oxidation sites excluding steroid dienone is 1. The zero-order chi connectivity index (χ0) is 23.5. The van der Waals surface area contributed by atoms with Gasteiger partial charge in [-0.2, -0.15) is 0 Å². The zero-order valence-electron chi connectivity index (χ0n) is 19.1. The lowest BCUT2D eigenvalue weighted by molar-refractivity contribution is 0.300. The second-order valence-electron chi connectivity index (χ2n) is 9.12. The van der Waals surface area contributed by atoms with Crippen molar-refractivity contribution in [1.29, 1.82) is 0 Å². The fourth-order valence-corrected chi connectivity index (χ4v) is 4.87. The van der Waals surface area contributed by atoms with Crippen molar-refractivity contribution in [1.82, 2.24) is 14.5 Å². The highest BCUT2D eigenvalue weighted by atomic mass is 35.5. The average Bonchev–Trinajstić information content (AvgIpc) is 3.31. The minimum absolute atomic E-state index is 0.101. The number of benzene rings is 1. The number of nitrogens with zero attached hydrogens (tertiary/aromatic N) is 3. The number of hydrogen-bond donors (Lipinski definition) is 1. The molecule has 1 atom stereocenters. The molecule has 2 N–H and O–H groups in total. The number of rotatable bonds is 7. The van der Waals surface area contributed by atoms with E-state index in [1.807, 2.05) is 6.07 Å². The van der Waals surface area contributed by atoms with Gasteiger partial charge in [0, 0.05) is 37.2 Å². The van der Waals surface area contributed by atoms with Crippen molar-refractivity contribution in [3.63, 3.8) is 0 Å². The van der Waals surface area contributed by atoms with E-state index < -0.39 is 0 Å². The highest BCUT2D eigenvalue weighted by Crippen LogP contribution is 2.28. The highest BCUT2D eigenvalue weighted by Gasteiger charge is 2.21. The maximum Gasteiger partial charge on any atom is 0.258 e. The van der Waals surface area contributed by atoms with Crippen molar-refractivity contribution >= 4 is 23.4 Å². The third kappa shape index (κ3) is 5.25. The van der Waals surface area contributed by atoms with Gasteiger partial charge in [-0.05, 0) is 79.2 Å². The monoisotopic (exact) mass is 476 g/mol. The Balaban J connectivity index is 1.26. The van der Waals surface area contributed by atoms with Crippen LogP contribution < -0.4 is 16.0 Å². The Morgan fingerprint density at radius 1 is 1.15 bits per heavy atom. The van der Waals surface area contributed by atoms with Crippen LogP contribution in [0.2, 0.25) is 5.02 Å². The molecule has 0 saturated carbocycles. The lowest BCUT2D eigenvalue weighted by Gasteiger charge is -2.21. The van der Waals surface area contributed by atoms with Gasteiger partial charge in [0.05, 0.1) is 10.7 Å². The Labute approximate surface area is 204 Å². The van der Waals surface area contributed by atoms with Gasteiger partial charge in [-0.1, -0.05) is 29.8 Å². The van der Waals surface area contributed by atoms with Crippen molar-refractivity contribution in [2.45, 2.75) is 32.4 Å². The van der Waals surface area contributed by atoms with Crippen LogP contribution in [0.5, 0.6) is 5.75 Å². The molecule has 0 unspecified atom stereocenters. The summed E-state index contributed by atoms with van der Waals surface area (Å²) < 4.78 is 7.45. The van der Waals surface area contributed by atoms with E-state index in [1.54, 1.807) is 29.1 Å². The van der Waals surface area contributed by atoms with Crippen LogP contribution >= 0.6 is 11.6 Å². The third-order valence-corrected chi connectivity index (χ3v) is 6.89. The Morgan fingerprint density at radius 3 is 2.82 bits per heavy atom. The smallest absolute Gasteiger partial charge is 0.258 e. The molecular formula is C27H29ClN4O2. The van der Waals surface area contributed by atoms with Gasteiger partial charge in [0.15, 0.2) is 0 Å². The van der Waals surface area contributed by atoms with Crippen molar-refractivity contribution < 1.29 is 4.74 Å². The van der Waals surface area contributed by atoms with Gasteiger partial charge in [0.2, 0.25) is 0 Å². The third-order valence-electron chi connectivity index (χ3n) is 6.67. The summed E-state index contributed by atoms with van der Waals surface area (Å²) in [4.78, 5) is 19.5. The Hall–Kier alpha value is -2.93. The van der Waals surface area contributed by atoms with Gasteiger partial charge in [0.1, 0.15) is 12.4 Å². The second-order valence-corrected chi connectivity index (χ2v) is 9.56. The number of nitrogens with two attached hydrogens (primary N) is 1. The van der Waals surface area contributed by atoms with Crippen LogP contribution in [0.1, 0.15) is 35.2 Å². The van der Waals surface area contributed by atoms with Gasteiger partial charge in [-0.25, -0.2) is 0 Å². The highest BCUT2D eigenvalue weighted by molar-refractivity contribution is 6.30. The summed E-state index contributed by atoms with van der Waals surface area (Å²) in [6, 6.07) is 13.6. The van der Waals surface area contributed by atoms with Gasteiger partial charge in [0.25, 0.3) is 5.56 Å². The van der Waals surface area contributed by atoms with Crippen LogP contribution in [0.15, 0.2) is 59.7 Å². The Bertz CT molecular complexity index is 1250. The molecule has 2 aliphatic rings. The number of fused-ring (bicyclic) bond motifs is 1. The predicted octanol–water partition coefficient (Wildman–Crippen LogP) is 4.20. The number of likely N-dealkylation sites (tertiary alicyclic amines) is 1. The normalized spacial score (nSPS) is 17.9. The molecular weight excluding hydrogens is 448 g/mol. The number of pyridine rings is 2. The topological polar surface area (TPSA) is 73.4 Å². The van der Waals surface area contributed by atoms with Crippen LogP contribution in [0.4, 0.5) is 0 Å². The molecule has 3 heterocycles. The molecule has 2 aromatic heterocycles. The van der Waals surface area contributed by atoms with E-state index in [0.29, 0.717) is 16.7 Å². The quantitative estimate of drug-likeness (QED) is 0.553. The minimum Gasteiger partial charge on any atom is -0.487 e. The molecule has 5 rings (SSSR count). The fourth-order valence-electron chi connectivity index (χ4n) is 4.76. The SMILES string of the molecule is NC[C@H]1CCN(Cc2ccc3c(c2)CCC(n2ccc(OCc4ccc(Cl)cn4)cc2=O)=C3)C1. The number of hydrogen-bond acceptors (Lipinski definition) is 5. The summed E-state index contributed by atoms with van der Waals surface area (Å²) in [6.07, 6.45) is 8.45. The molecule has 3 aromatic rings. The van der Waals surface area contributed by atoms with Crippen LogP contribution in [0.25, 0.3) is 11.8 Å². The van der Waals surface area contributed by atoms with Crippen LogP contribution in [0.3, 0.4) is 0 Å². The molecule has 34 heavy (non-hydrogen) atoms. The van der Waals surface area contributed by atoms with Gasteiger partial charge >= 0.3 is 0 Å². The molecule has 6 nitrogen and oxygen atoms in total. The van der Waals surface area contributed by atoms with Crippen LogP contribution in [-0.4, -0.2) is 34.1 Å². The molecule has 1 aliphatic heterocycles. The van der Waals surface area contributed by atoms with Crippen LogP contribution in [-0.2, 0) is 19.6 Å². The summed E-state index contributed by atoms with van der Waals surface area (Å²) in [6.45, 7) is 4.26. The number of aromatic nitrogens is 2. The Kier molecular flexibility index (Phi) is 6.81.